The van der Waals surface area contributed by atoms with Crippen molar-refractivity contribution in [1.29, 1.82) is 0 Å². The Balaban J connectivity index is 1.96. The summed E-state index contributed by atoms with van der Waals surface area (Å²) in [5.74, 6) is 1.27. The number of rotatable bonds is 6. The zero-order valence-electron chi connectivity index (χ0n) is 13.1. The van der Waals surface area contributed by atoms with Crippen LogP contribution in [-0.2, 0) is 0 Å². The third kappa shape index (κ3) is 3.81. The highest BCUT2D eigenvalue weighted by Crippen LogP contribution is 2.24. The first-order chi connectivity index (χ1) is 9.61. The van der Waals surface area contributed by atoms with E-state index < -0.39 is 0 Å². The number of likely N-dealkylation sites (tertiary alicyclic amines) is 1. The molecule has 0 bridgehead atoms. The minimum absolute atomic E-state index is 0.420. The first kappa shape index (κ1) is 15.5. The molecule has 2 rings (SSSR count). The molecule has 1 aromatic rings. The summed E-state index contributed by atoms with van der Waals surface area (Å²) in [6.45, 7) is 6.63. The monoisotopic (exact) mass is 275 g/mol. The molecule has 0 saturated carbocycles. The van der Waals surface area contributed by atoms with E-state index in [9.17, 15) is 0 Å². The molecule has 2 N–H and O–H groups in total. The molecule has 1 aliphatic rings. The maximum Gasteiger partial charge on any atom is 0.0281 e. The van der Waals surface area contributed by atoms with Crippen LogP contribution in [0.3, 0.4) is 0 Å². The lowest BCUT2D eigenvalue weighted by atomic mass is 9.91. The normalized spacial score (nSPS) is 23.1. The molecule has 3 unspecified atom stereocenters. The Morgan fingerprint density at radius 3 is 2.60 bits per heavy atom. The largest absolute Gasteiger partial charge is 0.329 e. The lowest BCUT2D eigenvalue weighted by Crippen LogP contribution is -2.44. The van der Waals surface area contributed by atoms with Crippen LogP contribution in [0.25, 0.3) is 0 Å². The minimum Gasteiger partial charge on any atom is -0.329 e. The average Bonchev–Trinajstić information content (AvgIpc) is 2.85. The number of hydrogen-bond donors (Lipinski definition) is 1. The zero-order valence-corrected chi connectivity index (χ0v) is 13.1. The fraction of sp³-hybridized carbons (Fsp3) is 0.647. The SMILES string of the molecule is CC(c1ccccc1)C(CN)N(C)CC1CCN(C)C1. The summed E-state index contributed by atoms with van der Waals surface area (Å²) >= 11 is 0. The van der Waals surface area contributed by atoms with Gasteiger partial charge in [0.1, 0.15) is 0 Å². The van der Waals surface area contributed by atoms with E-state index in [2.05, 4.69) is 61.2 Å². The topological polar surface area (TPSA) is 32.5 Å². The van der Waals surface area contributed by atoms with Gasteiger partial charge in [0.15, 0.2) is 0 Å². The van der Waals surface area contributed by atoms with Crippen LogP contribution < -0.4 is 5.73 Å². The van der Waals surface area contributed by atoms with Gasteiger partial charge in [0.05, 0.1) is 0 Å². The number of nitrogens with zero attached hydrogens (tertiary/aromatic N) is 2. The van der Waals surface area contributed by atoms with Crippen LogP contribution in [0, 0.1) is 5.92 Å². The summed E-state index contributed by atoms with van der Waals surface area (Å²) < 4.78 is 0. The first-order valence-electron chi connectivity index (χ1n) is 7.75. The lowest BCUT2D eigenvalue weighted by Gasteiger charge is -2.34. The Kier molecular flexibility index (Phi) is 5.58. The molecule has 112 valence electrons. The predicted octanol–water partition coefficient (Wildman–Crippen LogP) is 2.00. The van der Waals surface area contributed by atoms with E-state index in [4.69, 9.17) is 5.73 Å². The average molecular weight is 275 g/mol. The van der Waals surface area contributed by atoms with Crippen LogP contribution in [0.2, 0.25) is 0 Å². The van der Waals surface area contributed by atoms with Crippen LogP contribution in [0.1, 0.15) is 24.8 Å². The second-order valence-corrected chi connectivity index (χ2v) is 6.36. The van der Waals surface area contributed by atoms with Crippen molar-refractivity contribution in [3.8, 4) is 0 Å². The van der Waals surface area contributed by atoms with Crippen LogP contribution in [0.4, 0.5) is 0 Å². The molecule has 0 aromatic heterocycles. The quantitative estimate of drug-likeness (QED) is 0.862. The molecule has 1 aromatic carbocycles. The molecule has 0 amide bonds. The standard InChI is InChI=1S/C17H29N3/c1-14(16-7-5-4-6-8-16)17(11-18)20(3)13-15-9-10-19(2)12-15/h4-8,14-15,17H,9-13,18H2,1-3H3. The van der Waals surface area contributed by atoms with Crippen molar-refractivity contribution in [1.82, 2.24) is 9.80 Å². The van der Waals surface area contributed by atoms with Crippen LogP contribution in [0.15, 0.2) is 30.3 Å². The van der Waals surface area contributed by atoms with E-state index in [0.29, 0.717) is 12.0 Å². The second-order valence-electron chi connectivity index (χ2n) is 6.36. The summed E-state index contributed by atoms with van der Waals surface area (Å²) in [5, 5.41) is 0. The molecule has 0 radical (unpaired) electrons. The second kappa shape index (κ2) is 7.21. The molecule has 1 fully saturated rings. The highest BCUT2D eigenvalue weighted by atomic mass is 15.2. The van der Waals surface area contributed by atoms with Gasteiger partial charge < -0.3 is 15.5 Å². The van der Waals surface area contributed by atoms with Crippen molar-refractivity contribution in [3.05, 3.63) is 35.9 Å². The Bertz CT molecular complexity index is 392. The molecule has 1 saturated heterocycles. The molecule has 3 atom stereocenters. The number of likely N-dealkylation sites (N-methyl/N-ethyl adjacent to an activating group) is 1. The third-order valence-corrected chi connectivity index (χ3v) is 4.75. The van der Waals surface area contributed by atoms with Gasteiger partial charge >= 0.3 is 0 Å². The summed E-state index contributed by atoms with van der Waals surface area (Å²) in [7, 11) is 4.45. The molecule has 3 heteroatoms. The van der Waals surface area contributed by atoms with Gasteiger partial charge in [0.2, 0.25) is 0 Å². The van der Waals surface area contributed by atoms with Gasteiger partial charge in [0.25, 0.3) is 0 Å². The lowest BCUT2D eigenvalue weighted by molar-refractivity contribution is 0.190. The minimum atomic E-state index is 0.420. The summed E-state index contributed by atoms with van der Waals surface area (Å²) in [6, 6.07) is 11.2. The number of nitrogens with two attached hydrogens (primary N) is 1. The Labute approximate surface area is 123 Å². The van der Waals surface area contributed by atoms with E-state index in [1.54, 1.807) is 0 Å². The number of benzene rings is 1. The van der Waals surface area contributed by atoms with E-state index in [-0.39, 0.29) is 0 Å². The summed E-state index contributed by atoms with van der Waals surface area (Å²) in [4.78, 5) is 4.90. The molecule has 20 heavy (non-hydrogen) atoms. The Hall–Kier alpha value is -0.900. The highest BCUT2D eigenvalue weighted by Gasteiger charge is 2.26. The van der Waals surface area contributed by atoms with Crippen molar-refractivity contribution in [2.24, 2.45) is 11.7 Å². The van der Waals surface area contributed by atoms with Crippen molar-refractivity contribution < 1.29 is 0 Å². The van der Waals surface area contributed by atoms with Gasteiger partial charge in [-0.1, -0.05) is 37.3 Å². The summed E-state index contributed by atoms with van der Waals surface area (Å²) in [6.07, 6.45) is 1.32. The van der Waals surface area contributed by atoms with Gasteiger partial charge in [0, 0.05) is 25.7 Å². The smallest absolute Gasteiger partial charge is 0.0281 e. The van der Waals surface area contributed by atoms with Gasteiger partial charge in [-0.3, -0.25) is 0 Å². The molecule has 1 aliphatic heterocycles. The van der Waals surface area contributed by atoms with Crippen molar-refractivity contribution in [2.45, 2.75) is 25.3 Å². The maximum absolute atomic E-state index is 6.06. The maximum atomic E-state index is 6.06. The van der Waals surface area contributed by atoms with Crippen molar-refractivity contribution >= 4 is 0 Å². The highest BCUT2D eigenvalue weighted by molar-refractivity contribution is 5.20. The van der Waals surface area contributed by atoms with Crippen LogP contribution in [-0.4, -0.2) is 56.1 Å². The van der Waals surface area contributed by atoms with Gasteiger partial charge in [-0.25, -0.2) is 0 Å². The van der Waals surface area contributed by atoms with Crippen LogP contribution in [0.5, 0.6) is 0 Å². The summed E-state index contributed by atoms with van der Waals surface area (Å²) in [5.41, 5.74) is 7.45. The molecule has 1 heterocycles. The van der Waals surface area contributed by atoms with Crippen molar-refractivity contribution in [2.75, 3.05) is 40.3 Å². The zero-order chi connectivity index (χ0) is 14.5. The van der Waals surface area contributed by atoms with Gasteiger partial charge in [-0.15, -0.1) is 0 Å². The number of hydrogen-bond acceptors (Lipinski definition) is 3. The Morgan fingerprint density at radius 2 is 2.05 bits per heavy atom. The Morgan fingerprint density at radius 1 is 1.35 bits per heavy atom. The molecular formula is C17H29N3. The molecular weight excluding hydrogens is 246 g/mol. The van der Waals surface area contributed by atoms with Gasteiger partial charge in [-0.2, -0.15) is 0 Å². The van der Waals surface area contributed by atoms with Gasteiger partial charge in [-0.05, 0) is 44.5 Å². The molecule has 3 nitrogen and oxygen atoms in total. The van der Waals surface area contributed by atoms with E-state index >= 15 is 0 Å². The fourth-order valence-electron chi connectivity index (χ4n) is 3.46. The van der Waals surface area contributed by atoms with Crippen molar-refractivity contribution in [3.63, 3.8) is 0 Å². The van der Waals surface area contributed by atoms with E-state index in [1.165, 1.54) is 25.1 Å². The first-order valence-corrected chi connectivity index (χ1v) is 7.75. The molecule has 0 spiro atoms. The van der Waals surface area contributed by atoms with E-state index in [1.807, 2.05) is 0 Å². The van der Waals surface area contributed by atoms with Crippen LogP contribution >= 0.6 is 0 Å². The molecule has 0 aliphatic carbocycles. The third-order valence-electron chi connectivity index (χ3n) is 4.75. The fourth-order valence-corrected chi connectivity index (χ4v) is 3.46. The predicted molar refractivity (Wildman–Crippen MR) is 85.9 cm³/mol. The van der Waals surface area contributed by atoms with E-state index in [0.717, 1.165) is 19.0 Å².